The molecule has 0 fully saturated rings. The second-order valence-corrected chi connectivity index (χ2v) is 10.7. The molecule has 0 amide bonds. The van der Waals surface area contributed by atoms with Crippen LogP contribution < -0.4 is 9.47 Å². The van der Waals surface area contributed by atoms with Crippen molar-refractivity contribution in [2.75, 3.05) is 11.9 Å². The first-order valence-electron chi connectivity index (χ1n) is 12.4. The van der Waals surface area contributed by atoms with Crippen LogP contribution in [0.1, 0.15) is 46.0 Å². The van der Waals surface area contributed by atoms with Crippen LogP contribution in [0.5, 0.6) is 11.5 Å². The topological polar surface area (TPSA) is 72.2 Å². The number of aromatic nitrogens is 1. The predicted molar refractivity (Wildman–Crippen MR) is 157 cm³/mol. The smallest absolute Gasteiger partial charge is 0.150 e. The van der Waals surface area contributed by atoms with Gasteiger partial charge in [-0.1, -0.05) is 69.5 Å². The summed E-state index contributed by atoms with van der Waals surface area (Å²) in [5, 5.41) is 11.1. The third kappa shape index (κ3) is 5.67. The van der Waals surface area contributed by atoms with Gasteiger partial charge in [-0.2, -0.15) is 5.26 Å². The van der Waals surface area contributed by atoms with Crippen molar-refractivity contribution in [1.82, 2.24) is 4.98 Å². The fourth-order valence-electron chi connectivity index (χ4n) is 4.87. The lowest BCUT2D eigenvalue weighted by Gasteiger charge is -2.19. The van der Waals surface area contributed by atoms with Gasteiger partial charge in [0.1, 0.15) is 23.7 Å². The van der Waals surface area contributed by atoms with Crippen LogP contribution in [0, 0.1) is 11.3 Å². The third-order valence-corrected chi connectivity index (χ3v) is 7.93. The summed E-state index contributed by atoms with van der Waals surface area (Å²) >= 11 is 16.8. The Bertz CT molecular complexity index is 1590. The molecule has 0 saturated heterocycles. The summed E-state index contributed by atoms with van der Waals surface area (Å²) in [7, 11) is 0. The number of halogens is 3. The van der Waals surface area contributed by atoms with Crippen LogP contribution in [0.15, 0.2) is 67.0 Å². The molecule has 0 saturated carbocycles. The maximum absolute atomic E-state index is 11.8. The maximum atomic E-state index is 11.8. The third-order valence-electron chi connectivity index (χ3n) is 6.68. The van der Waals surface area contributed by atoms with Crippen molar-refractivity contribution in [3.8, 4) is 39.8 Å². The summed E-state index contributed by atoms with van der Waals surface area (Å²) in [6, 6.07) is 19.1. The van der Waals surface area contributed by atoms with Gasteiger partial charge >= 0.3 is 0 Å². The van der Waals surface area contributed by atoms with Gasteiger partial charge in [0.25, 0.3) is 0 Å². The normalized spacial score (nSPS) is 13.9. The Labute approximate surface area is 245 Å². The maximum Gasteiger partial charge on any atom is 0.150 e. The Morgan fingerprint density at radius 1 is 1.05 bits per heavy atom. The Balaban J connectivity index is 1.47. The number of aldehydes is 1. The van der Waals surface area contributed by atoms with Gasteiger partial charge < -0.3 is 9.47 Å². The Hall–Kier alpha value is -3.37. The zero-order valence-electron chi connectivity index (χ0n) is 20.8. The number of rotatable bonds is 9. The molecule has 0 radical (unpaired) electrons. The Kier molecular flexibility index (Phi) is 8.52. The molecule has 0 aliphatic heterocycles. The first-order valence-corrected chi connectivity index (χ1v) is 14.3. The van der Waals surface area contributed by atoms with Crippen molar-refractivity contribution in [1.29, 1.82) is 5.26 Å². The lowest BCUT2D eigenvalue weighted by Crippen LogP contribution is -2.05. The van der Waals surface area contributed by atoms with Crippen LogP contribution in [0.4, 0.5) is 0 Å². The van der Waals surface area contributed by atoms with Crippen molar-refractivity contribution < 1.29 is 14.3 Å². The molecule has 5 rings (SSSR count). The summed E-state index contributed by atoms with van der Waals surface area (Å²) < 4.78 is 12.4. The number of pyridine rings is 1. The number of carbonyl (C=O) groups excluding carboxylic acids is 1. The minimum Gasteiger partial charge on any atom is -0.492 e. The molecule has 3 aromatic carbocycles. The van der Waals surface area contributed by atoms with E-state index in [1.54, 1.807) is 24.4 Å². The summed E-state index contributed by atoms with van der Waals surface area (Å²) in [6.45, 7) is 0.583. The number of ether oxygens (including phenoxy) is 2. The van der Waals surface area contributed by atoms with Crippen LogP contribution in [-0.2, 0) is 6.42 Å². The number of carbonyl (C=O) groups is 1. The highest BCUT2D eigenvalue weighted by molar-refractivity contribution is 9.09. The Morgan fingerprint density at radius 2 is 1.87 bits per heavy atom. The molecule has 1 aliphatic carbocycles. The molecular formula is C31H23BrCl2N2O3. The van der Waals surface area contributed by atoms with E-state index in [4.69, 9.17) is 32.7 Å². The average Bonchev–Trinajstić information content (AvgIpc) is 3.38. The molecule has 1 heterocycles. The quantitative estimate of drug-likeness (QED) is 0.106. The lowest BCUT2D eigenvalue weighted by atomic mass is 9.96. The molecule has 0 bridgehead atoms. The first kappa shape index (κ1) is 27.2. The van der Waals surface area contributed by atoms with Gasteiger partial charge in [0.15, 0.2) is 6.29 Å². The van der Waals surface area contributed by atoms with Gasteiger partial charge in [0.05, 0.1) is 22.2 Å². The van der Waals surface area contributed by atoms with Gasteiger partial charge in [-0.25, -0.2) is 0 Å². The van der Waals surface area contributed by atoms with E-state index in [9.17, 15) is 10.1 Å². The van der Waals surface area contributed by atoms with E-state index in [0.717, 1.165) is 47.6 Å². The van der Waals surface area contributed by atoms with Crippen LogP contribution >= 0.6 is 39.1 Å². The number of hydrogen-bond acceptors (Lipinski definition) is 5. The fraction of sp³-hybridized carbons (Fsp3) is 0.194. The van der Waals surface area contributed by atoms with E-state index >= 15 is 0 Å². The number of nitriles is 1. The molecule has 39 heavy (non-hydrogen) atoms. The monoisotopic (exact) mass is 620 g/mol. The summed E-state index contributed by atoms with van der Waals surface area (Å²) in [6.07, 6.45) is 6.06. The second-order valence-electron chi connectivity index (χ2n) is 9.09. The summed E-state index contributed by atoms with van der Waals surface area (Å²) in [5.41, 5.74) is 6.25. The van der Waals surface area contributed by atoms with Gasteiger partial charge in [0.2, 0.25) is 0 Å². The lowest BCUT2D eigenvalue weighted by molar-refractivity contribution is 0.112. The average molecular weight is 622 g/mol. The molecule has 8 heteroatoms. The molecule has 1 aromatic heterocycles. The van der Waals surface area contributed by atoms with Crippen LogP contribution in [0.25, 0.3) is 22.3 Å². The number of benzene rings is 3. The van der Waals surface area contributed by atoms with E-state index < -0.39 is 0 Å². The zero-order chi connectivity index (χ0) is 27.4. The van der Waals surface area contributed by atoms with E-state index in [1.807, 2.05) is 24.3 Å². The molecule has 1 atom stereocenters. The fourth-order valence-corrected chi connectivity index (χ4v) is 5.59. The van der Waals surface area contributed by atoms with Gasteiger partial charge in [-0.05, 0) is 65.8 Å². The van der Waals surface area contributed by atoms with Gasteiger partial charge in [-0.3, -0.25) is 9.78 Å². The molecule has 1 aliphatic rings. The largest absolute Gasteiger partial charge is 0.492 e. The number of alkyl halides is 1. The number of hydrogen-bond donors (Lipinski definition) is 0. The highest BCUT2D eigenvalue weighted by atomic mass is 79.9. The number of fused-ring (bicyclic) bond motifs is 1. The van der Waals surface area contributed by atoms with E-state index in [-0.39, 0.29) is 6.10 Å². The van der Waals surface area contributed by atoms with Crippen molar-refractivity contribution in [2.24, 2.45) is 0 Å². The van der Waals surface area contributed by atoms with Gasteiger partial charge in [-0.15, -0.1) is 0 Å². The molecule has 1 unspecified atom stereocenters. The highest BCUT2D eigenvalue weighted by Gasteiger charge is 2.28. The van der Waals surface area contributed by atoms with Crippen molar-refractivity contribution in [3.05, 3.63) is 99.3 Å². The molecule has 196 valence electrons. The van der Waals surface area contributed by atoms with Crippen LogP contribution in [0.3, 0.4) is 0 Å². The van der Waals surface area contributed by atoms with Crippen molar-refractivity contribution in [2.45, 2.75) is 25.4 Å². The predicted octanol–water partition coefficient (Wildman–Crippen LogP) is 8.64. The standard InChI is InChI=1S/C31H23BrCl2N2O3/c32-10-3-11-38-29-7-2-6-25(31(29)34)22-4-1-5-24-23(22)8-9-28(24)39-30-14-26(21(18-37)13-27(30)33)20-12-19(15-35)16-36-17-20/h1-2,4-7,12-14,16-18,28H,3,8-11H2. The van der Waals surface area contributed by atoms with Crippen LogP contribution in [-0.4, -0.2) is 23.2 Å². The minimum absolute atomic E-state index is 0.229. The molecule has 0 spiro atoms. The van der Waals surface area contributed by atoms with E-state index in [1.165, 1.54) is 11.8 Å². The molecule has 5 nitrogen and oxygen atoms in total. The highest BCUT2D eigenvalue weighted by Crippen LogP contribution is 2.45. The SMILES string of the molecule is N#Cc1cncc(-c2cc(OC3CCc4c(-c5cccc(OCCCBr)c5Cl)cccc43)c(Cl)cc2C=O)c1. The van der Waals surface area contributed by atoms with Crippen molar-refractivity contribution >= 4 is 45.4 Å². The zero-order valence-corrected chi connectivity index (χ0v) is 23.9. The Morgan fingerprint density at radius 3 is 2.67 bits per heavy atom. The summed E-state index contributed by atoms with van der Waals surface area (Å²) in [5.74, 6) is 1.13. The van der Waals surface area contributed by atoms with E-state index in [0.29, 0.717) is 50.4 Å². The molecule has 0 N–H and O–H groups in total. The van der Waals surface area contributed by atoms with E-state index in [2.05, 4.69) is 39.1 Å². The molecule has 4 aromatic rings. The second kappa shape index (κ2) is 12.2. The van der Waals surface area contributed by atoms with Crippen LogP contribution in [0.2, 0.25) is 10.0 Å². The van der Waals surface area contributed by atoms with Gasteiger partial charge in [0, 0.05) is 34.4 Å². The molecular weight excluding hydrogens is 599 g/mol. The first-order chi connectivity index (χ1) is 19.0. The number of nitrogens with zero attached hydrogens (tertiary/aromatic N) is 2. The van der Waals surface area contributed by atoms with Crippen molar-refractivity contribution in [3.63, 3.8) is 0 Å². The summed E-state index contributed by atoms with van der Waals surface area (Å²) in [4.78, 5) is 15.9. The minimum atomic E-state index is -0.229.